The second kappa shape index (κ2) is 10.8. The summed E-state index contributed by atoms with van der Waals surface area (Å²) in [6.45, 7) is 1.99. The average molecular weight is 565 g/mol. The average Bonchev–Trinajstić information content (AvgIpc) is 3.26. The van der Waals surface area contributed by atoms with E-state index < -0.39 is 45.6 Å². The molecule has 0 spiro atoms. The summed E-state index contributed by atoms with van der Waals surface area (Å²) in [5.41, 5.74) is 0.895. The summed E-state index contributed by atoms with van der Waals surface area (Å²) in [6.07, 6.45) is 7.04. The van der Waals surface area contributed by atoms with Crippen molar-refractivity contribution in [3.05, 3.63) is 59.4 Å². The van der Waals surface area contributed by atoms with E-state index in [2.05, 4.69) is 24.8 Å². The molecule has 0 aromatic carbocycles. The topological polar surface area (TPSA) is 113 Å². The number of hydrogen-bond acceptors (Lipinski definition) is 8. The number of thiol groups is 1. The van der Waals surface area contributed by atoms with Crippen LogP contribution in [0.4, 0.5) is 19.0 Å². The monoisotopic (exact) mass is 564 g/mol. The first-order chi connectivity index (χ1) is 18.7. The Morgan fingerprint density at radius 1 is 1.15 bits per heavy atom. The summed E-state index contributed by atoms with van der Waals surface area (Å²) in [5.74, 6) is -3.14. The van der Waals surface area contributed by atoms with Crippen molar-refractivity contribution in [3.8, 4) is 11.6 Å². The van der Waals surface area contributed by atoms with Crippen LogP contribution in [0.5, 0.6) is 11.6 Å². The number of nitrogens with one attached hydrogen (secondary N) is 1. The molecule has 1 atom stereocenters. The highest BCUT2D eigenvalue weighted by molar-refractivity contribution is 8.03. The molecule has 0 bridgehead atoms. The number of halogens is 3. The molecule has 4 aromatic heterocycles. The largest absolute Gasteiger partial charge is 0.487 e. The highest BCUT2D eigenvalue weighted by Crippen LogP contribution is 2.31. The molecule has 4 aromatic rings. The van der Waals surface area contributed by atoms with E-state index in [1.807, 2.05) is 6.92 Å². The van der Waals surface area contributed by atoms with Gasteiger partial charge in [0.05, 0.1) is 41.9 Å². The molecule has 208 valence electrons. The third-order valence-electron chi connectivity index (χ3n) is 6.36. The van der Waals surface area contributed by atoms with Gasteiger partial charge in [0.1, 0.15) is 18.2 Å². The van der Waals surface area contributed by atoms with Crippen LogP contribution in [0.1, 0.15) is 36.7 Å². The first-order valence-corrected chi connectivity index (χ1v) is 14.3. The van der Waals surface area contributed by atoms with Crippen LogP contribution in [0.25, 0.3) is 11.0 Å². The summed E-state index contributed by atoms with van der Waals surface area (Å²) in [5, 5.41) is 5.29. The summed E-state index contributed by atoms with van der Waals surface area (Å²) < 4.78 is 77.8. The van der Waals surface area contributed by atoms with E-state index in [1.54, 1.807) is 10.7 Å². The Morgan fingerprint density at radius 3 is 2.72 bits per heavy atom. The Labute approximate surface area is 223 Å². The molecule has 0 amide bonds. The minimum atomic E-state index is -3.70. The van der Waals surface area contributed by atoms with Gasteiger partial charge in [-0.3, -0.25) is 4.21 Å². The van der Waals surface area contributed by atoms with Crippen LogP contribution in [0.3, 0.4) is 0 Å². The number of nitrogens with zero attached hydrogens (tertiary/aromatic N) is 5. The molecular weight excluding hydrogens is 537 g/mol. The number of ether oxygens (including phenoxy) is 3. The Balaban J connectivity index is 1.37. The highest BCUT2D eigenvalue weighted by Gasteiger charge is 2.25. The van der Waals surface area contributed by atoms with Gasteiger partial charge in [-0.1, -0.05) is 0 Å². The maximum Gasteiger partial charge on any atom is 0.229 e. The third kappa shape index (κ3) is 5.39. The number of rotatable bonds is 8. The van der Waals surface area contributed by atoms with Gasteiger partial charge in [-0.15, -0.1) is 0 Å². The number of aryl methyl sites for hydroxylation is 1. The predicted molar refractivity (Wildman–Crippen MR) is 138 cm³/mol. The molecule has 10 nitrogen and oxygen atoms in total. The number of pyridine rings is 3. The fourth-order valence-corrected chi connectivity index (χ4v) is 5.92. The number of methoxy groups -OCH3 is 1. The molecule has 1 aliphatic rings. The second-order valence-corrected chi connectivity index (χ2v) is 11.7. The van der Waals surface area contributed by atoms with Crippen LogP contribution in [-0.2, 0) is 21.5 Å². The van der Waals surface area contributed by atoms with E-state index in [4.69, 9.17) is 14.2 Å². The molecule has 0 saturated carbocycles. The number of fused-ring (bicyclic) bond motifs is 1. The zero-order valence-electron chi connectivity index (χ0n) is 21.4. The molecule has 1 unspecified atom stereocenters. The van der Waals surface area contributed by atoms with Crippen molar-refractivity contribution >= 4 is 27.0 Å². The van der Waals surface area contributed by atoms with Crippen molar-refractivity contribution in [2.24, 2.45) is 0 Å². The molecule has 14 heteroatoms. The molecule has 1 fully saturated rings. The Bertz CT molecular complexity index is 1580. The molecule has 0 aliphatic carbocycles. The van der Waals surface area contributed by atoms with E-state index >= 15 is 4.39 Å². The SMILES string of the molecule is COc1ncc(F)cc1[SH](C)(=O)Nc1ncc(F)c(COc2cnc3c(c2)c(C)nn3C2CCCCO2)c1F. The van der Waals surface area contributed by atoms with E-state index in [-0.39, 0.29) is 22.8 Å². The van der Waals surface area contributed by atoms with Gasteiger partial charge in [0.2, 0.25) is 5.88 Å². The fourth-order valence-electron chi connectivity index (χ4n) is 4.36. The molecule has 5 heterocycles. The number of aromatic nitrogens is 5. The fraction of sp³-hybridized carbons (Fsp3) is 0.360. The molecule has 39 heavy (non-hydrogen) atoms. The van der Waals surface area contributed by atoms with Crippen LogP contribution in [-0.4, -0.2) is 48.9 Å². The van der Waals surface area contributed by atoms with Crippen molar-refractivity contribution in [3.63, 3.8) is 0 Å². The maximum absolute atomic E-state index is 15.3. The normalized spacial score (nSPS) is 16.3. The molecule has 1 N–H and O–H groups in total. The second-order valence-electron chi connectivity index (χ2n) is 9.15. The van der Waals surface area contributed by atoms with Crippen LogP contribution in [0.2, 0.25) is 0 Å². The lowest BCUT2D eigenvalue weighted by atomic mass is 10.2. The van der Waals surface area contributed by atoms with E-state index in [0.29, 0.717) is 17.9 Å². The highest BCUT2D eigenvalue weighted by atomic mass is 32.3. The van der Waals surface area contributed by atoms with Gasteiger partial charge in [-0.25, -0.2) is 32.8 Å². The minimum absolute atomic E-state index is 0.0997. The van der Waals surface area contributed by atoms with Crippen molar-refractivity contribution in [1.29, 1.82) is 0 Å². The minimum Gasteiger partial charge on any atom is -0.487 e. The van der Waals surface area contributed by atoms with Gasteiger partial charge >= 0.3 is 0 Å². The zero-order valence-corrected chi connectivity index (χ0v) is 22.3. The smallest absolute Gasteiger partial charge is 0.229 e. The molecular formula is C25H27F3N6O4S. The quantitative estimate of drug-likeness (QED) is 0.305. The van der Waals surface area contributed by atoms with Gasteiger partial charge in [0, 0.05) is 18.2 Å². The van der Waals surface area contributed by atoms with Gasteiger partial charge in [-0.05, 0) is 48.4 Å². The van der Waals surface area contributed by atoms with Crippen molar-refractivity contribution in [2.45, 2.75) is 43.9 Å². The number of hydrogen-bond donors (Lipinski definition) is 2. The van der Waals surface area contributed by atoms with Crippen molar-refractivity contribution in [1.82, 2.24) is 24.7 Å². The van der Waals surface area contributed by atoms with Crippen molar-refractivity contribution < 1.29 is 31.6 Å². The van der Waals surface area contributed by atoms with Crippen LogP contribution in [0.15, 0.2) is 35.6 Å². The standard InChI is InChI=1S/C25H27F3N6O4S/c1-14-17-9-16(11-30-24(17)34(32-14)21-6-4-5-7-37-21)38-13-18-19(27)12-29-23(22(18)28)33-39(3,35)20-8-15(26)10-31-25(20)36-2/h8-12,21,39H,4-7,13H2,1-3H3,(H,29,33,35). The van der Waals surface area contributed by atoms with Crippen LogP contribution >= 0.6 is 0 Å². The van der Waals surface area contributed by atoms with Gasteiger partial charge in [0.25, 0.3) is 0 Å². The lowest BCUT2D eigenvalue weighted by Crippen LogP contribution is -2.24. The van der Waals surface area contributed by atoms with E-state index in [0.717, 1.165) is 43.1 Å². The predicted octanol–water partition coefficient (Wildman–Crippen LogP) is 4.27. The lowest BCUT2D eigenvalue weighted by Gasteiger charge is -2.23. The summed E-state index contributed by atoms with van der Waals surface area (Å²) in [6, 6.07) is 2.67. The molecule has 0 radical (unpaired) electrons. The molecule has 1 saturated heterocycles. The summed E-state index contributed by atoms with van der Waals surface area (Å²) in [7, 11) is -2.43. The molecule has 1 aliphatic heterocycles. The Hall–Kier alpha value is -3.78. The van der Waals surface area contributed by atoms with Gasteiger partial charge in [-0.2, -0.15) is 5.10 Å². The Kier molecular flexibility index (Phi) is 7.40. The zero-order chi connectivity index (χ0) is 27.7. The van der Waals surface area contributed by atoms with Gasteiger partial charge < -0.3 is 18.9 Å². The first kappa shape index (κ1) is 26.8. The van der Waals surface area contributed by atoms with Crippen molar-refractivity contribution in [2.75, 3.05) is 24.7 Å². The van der Waals surface area contributed by atoms with Crippen LogP contribution in [0, 0.1) is 24.4 Å². The van der Waals surface area contributed by atoms with E-state index in [1.165, 1.54) is 19.6 Å². The summed E-state index contributed by atoms with van der Waals surface area (Å²) in [4.78, 5) is 11.8. The third-order valence-corrected chi connectivity index (χ3v) is 8.24. The Morgan fingerprint density at radius 2 is 1.97 bits per heavy atom. The van der Waals surface area contributed by atoms with E-state index in [9.17, 15) is 13.0 Å². The van der Waals surface area contributed by atoms with Crippen LogP contribution < -0.4 is 14.2 Å². The molecule has 5 rings (SSSR count). The number of anilines is 1. The summed E-state index contributed by atoms with van der Waals surface area (Å²) >= 11 is 0. The first-order valence-electron chi connectivity index (χ1n) is 12.2. The maximum atomic E-state index is 15.3. The van der Waals surface area contributed by atoms with Gasteiger partial charge in [0.15, 0.2) is 29.3 Å². The lowest BCUT2D eigenvalue weighted by molar-refractivity contribution is -0.0371.